The number of nitrogen functional groups attached to an aromatic ring is 1. The van der Waals surface area contributed by atoms with Crippen molar-refractivity contribution >= 4 is 37.3 Å². The van der Waals surface area contributed by atoms with Gasteiger partial charge in [0.1, 0.15) is 10.6 Å². The maximum Gasteiger partial charge on any atom is 0.265 e. The lowest BCUT2D eigenvalue weighted by molar-refractivity contribution is 0.403. The smallest absolute Gasteiger partial charge is 0.265 e. The van der Waals surface area contributed by atoms with E-state index in [4.69, 9.17) is 10.5 Å². The molecule has 0 saturated heterocycles. The predicted octanol–water partition coefficient (Wildman–Crippen LogP) is 3.15. The Morgan fingerprint density at radius 1 is 1.19 bits per heavy atom. The monoisotopic (exact) mass is 370 g/mol. The quantitative estimate of drug-likeness (QED) is 0.809. The van der Waals surface area contributed by atoms with Crippen molar-refractivity contribution in [3.63, 3.8) is 0 Å². The largest absolute Gasteiger partial charge is 0.495 e. The Bertz CT molecular complexity index is 776. The van der Waals surface area contributed by atoms with Crippen molar-refractivity contribution in [2.75, 3.05) is 17.6 Å². The number of nitrogens with two attached hydrogens (primary N) is 1. The number of aryl methyl sites for hydroxylation is 1. The number of sulfonamides is 1. The van der Waals surface area contributed by atoms with Crippen molar-refractivity contribution < 1.29 is 13.2 Å². The van der Waals surface area contributed by atoms with Crippen LogP contribution < -0.4 is 15.2 Å². The summed E-state index contributed by atoms with van der Waals surface area (Å²) in [4.78, 5) is 0.0638. The van der Waals surface area contributed by atoms with Crippen molar-refractivity contribution in [3.05, 3.63) is 46.4 Å². The average molecular weight is 371 g/mol. The van der Waals surface area contributed by atoms with E-state index in [9.17, 15) is 8.42 Å². The summed E-state index contributed by atoms with van der Waals surface area (Å²) >= 11 is 3.26. The molecule has 112 valence electrons. The summed E-state index contributed by atoms with van der Waals surface area (Å²) in [7, 11) is -2.33. The van der Waals surface area contributed by atoms with Gasteiger partial charge in [-0.15, -0.1) is 0 Å². The molecule has 0 aliphatic rings. The van der Waals surface area contributed by atoms with E-state index >= 15 is 0 Å². The molecule has 0 aromatic heterocycles. The van der Waals surface area contributed by atoms with E-state index in [1.165, 1.54) is 13.2 Å². The van der Waals surface area contributed by atoms with Gasteiger partial charge in [0.05, 0.1) is 7.11 Å². The predicted molar refractivity (Wildman–Crippen MR) is 87.1 cm³/mol. The molecule has 0 aliphatic carbocycles. The number of methoxy groups -OCH3 is 1. The van der Waals surface area contributed by atoms with Crippen LogP contribution in [0.5, 0.6) is 5.75 Å². The Morgan fingerprint density at radius 3 is 2.52 bits per heavy atom. The molecular weight excluding hydrogens is 356 g/mol. The molecule has 0 amide bonds. The zero-order valence-corrected chi connectivity index (χ0v) is 14.0. The zero-order chi connectivity index (χ0) is 15.6. The number of halogens is 1. The van der Waals surface area contributed by atoms with Gasteiger partial charge in [0.2, 0.25) is 0 Å². The summed E-state index contributed by atoms with van der Waals surface area (Å²) in [5, 5.41) is 0. The number of ether oxygens (including phenoxy) is 1. The van der Waals surface area contributed by atoms with Crippen LogP contribution in [-0.2, 0) is 10.0 Å². The van der Waals surface area contributed by atoms with Crippen LogP contribution in [0.15, 0.2) is 45.8 Å². The molecule has 2 aromatic carbocycles. The molecule has 0 spiro atoms. The first-order chi connectivity index (χ1) is 9.83. The van der Waals surface area contributed by atoms with Crippen LogP contribution in [0.3, 0.4) is 0 Å². The van der Waals surface area contributed by atoms with Gasteiger partial charge in [-0.25, -0.2) is 8.42 Å². The SMILES string of the molecule is COc1ccc(Br)cc1S(=O)(=O)Nc1ccc(N)c(C)c1. The Hall–Kier alpha value is -1.73. The fourth-order valence-electron chi connectivity index (χ4n) is 1.81. The van der Waals surface area contributed by atoms with Crippen molar-refractivity contribution in [1.82, 2.24) is 0 Å². The molecule has 0 fully saturated rings. The minimum atomic E-state index is -3.75. The summed E-state index contributed by atoms with van der Waals surface area (Å²) in [5.41, 5.74) is 7.59. The van der Waals surface area contributed by atoms with Crippen LogP contribution in [-0.4, -0.2) is 15.5 Å². The van der Waals surface area contributed by atoms with Crippen LogP contribution in [0, 0.1) is 6.92 Å². The summed E-state index contributed by atoms with van der Waals surface area (Å²) in [6.07, 6.45) is 0. The molecule has 7 heteroatoms. The first-order valence-electron chi connectivity index (χ1n) is 6.06. The molecule has 0 saturated carbocycles. The van der Waals surface area contributed by atoms with Gasteiger partial charge in [0.25, 0.3) is 10.0 Å². The molecule has 0 atom stereocenters. The third-order valence-corrected chi connectivity index (χ3v) is 4.83. The van der Waals surface area contributed by atoms with E-state index in [0.29, 0.717) is 15.8 Å². The summed E-state index contributed by atoms with van der Waals surface area (Å²) in [5.74, 6) is 0.276. The molecule has 0 unspecified atom stereocenters. The summed E-state index contributed by atoms with van der Waals surface area (Å²) in [6.45, 7) is 1.81. The van der Waals surface area contributed by atoms with E-state index in [1.54, 1.807) is 30.3 Å². The fraction of sp³-hybridized carbons (Fsp3) is 0.143. The third-order valence-electron chi connectivity index (χ3n) is 2.94. The minimum Gasteiger partial charge on any atom is -0.495 e. The lowest BCUT2D eigenvalue weighted by Gasteiger charge is -2.13. The highest BCUT2D eigenvalue weighted by Gasteiger charge is 2.20. The molecule has 5 nitrogen and oxygen atoms in total. The lowest BCUT2D eigenvalue weighted by atomic mass is 10.2. The lowest BCUT2D eigenvalue weighted by Crippen LogP contribution is -2.14. The molecule has 0 bridgehead atoms. The number of benzene rings is 2. The number of hydrogen-bond donors (Lipinski definition) is 2. The Morgan fingerprint density at radius 2 is 1.90 bits per heavy atom. The van der Waals surface area contributed by atoms with Crippen molar-refractivity contribution in [1.29, 1.82) is 0 Å². The highest BCUT2D eigenvalue weighted by molar-refractivity contribution is 9.10. The van der Waals surface area contributed by atoms with E-state index in [-0.39, 0.29) is 10.6 Å². The minimum absolute atomic E-state index is 0.0638. The second-order valence-corrected chi connectivity index (χ2v) is 7.04. The molecule has 2 aromatic rings. The topological polar surface area (TPSA) is 81.4 Å². The normalized spacial score (nSPS) is 11.2. The summed E-state index contributed by atoms with van der Waals surface area (Å²) < 4.78 is 33.3. The Kier molecular flexibility index (Phi) is 4.43. The van der Waals surface area contributed by atoms with Gasteiger partial charge in [0.15, 0.2) is 0 Å². The first kappa shape index (κ1) is 15.7. The molecular formula is C14H15BrN2O3S. The number of hydrogen-bond acceptors (Lipinski definition) is 4. The number of anilines is 2. The second kappa shape index (κ2) is 5.95. The van der Waals surface area contributed by atoms with Gasteiger partial charge in [-0.3, -0.25) is 4.72 Å². The van der Waals surface area contributed by atoms with Crippen LogP contribution in [0.2, 0.25) is 0 Å². The van der Waals surface area contributed by atoms with E-state index in [0.717, 1.165) is 5.56 Å². The van der Waals surface area contributed by atoms with Crippen LogP contribution >= 0.6 is 15.9 Å². The van der Waals surface area contributed by atoms with E-state index in [2.05, 4.69) is 20.7 Å². The molecule has 0 heterocycles. The number of nitrogens with one attached hydrogen (secondary N) is 1. The highest BCUT2D eigenvalue weighted by atomic mass is 79.9. The maximum atomic E-state index is 12.5. The van der Waals surface area contributed by atoms with Crippen molar-refractivity contribution in [2.24, 2.45) is 0 Å². The van der Waals surface area contributed by atoms with Crippen molar-refractivity contribution in [3.8, 4) is 5.75 Å². The van der Waals surface area contributed by atoms with Crippen molar-refractivity contribution in [2.45, 2.75) is 11.8 Å². The molecule has 0 aliphatic heterocycles. The first-order valence-corrected chi connectivity index (χ1v) is 8.33. The van der Waals surface area contributed by atoms with Gasteiger partial charge in [-0.2, -0.15) is 0 Å². The van der Waals surface area contributed by atoms with Crippen LogP contribution in [0.4, 0.5) is 11.4 Å². The maximum absolute atomic E-state index is 12.5. The van der Waals surface area contributed by atoms with Gasteiger partial charge in [-0.1, -0.05) is 15.9 Å². The highest BCUT2D eigenvalue weighted by Crippen LogP contribution is 2.29. The van der Waals surface area contributed by atoms with E-state index < -0.39 is 10.0 Å². The number of rotatable bonds is 4. The fourth-order valence-corrected chi connectivity index (χ4v) is 3.57. The molecule has 0 radical (unpaired) electrons. The van der Waals surface area contributed by atoms with Gasteiger partial charge >= 0.3 is 0 Å². The van der Waals surface area contributed by atoms with Crippen LogP contribution in [0.1, 0.15) is 5.56 Å². The molecule has 21 heavy (non-hydrogen) atoms. The van der Waals surface area contributed by atoms with Gasteiger partial charge < -0.3 is 10.5 Å². The molecule has 3 N–H and O–H groups in total. The van der Waals surface area contributed by atoms with Gasteiger partial charge in [-0.05, 0) is 48.9 Å². The Balaban J connectivity index is 2.42. The summed E-state index contributed by atoms with van der Waals surface area (Å²) in [6, 6.07) is 9.75. The third kappa shape index (κ3) is 3.48. The van der Waals surface area contributed by atoms with Gasteiger partial charge in [0, 0.05) is 15.8 Å². The average Bonchev–Trinajstić information content (AvgIpc) is 2.42. The molecule has 2 rings (SSSR count). The van der Waals surface area contributed by atoms with E-state index in [1.807, 2.05) is 6.92 Å². The van der Waals surface area contributed by atoms with Crippen LogP contribution in [0.25, 0.3) is 0 Å². The second-order valence-electron chi connectivity index (χ2n) is 4.47. The zero-order valence-electron chi connectivity index (χ0n) is 11.6. The Labute approximate surface area is 132 Å². The standard InChI is InChI=1S/C14H15BrN2O3S/c1-9-7-11(4-5-12(9)16)17-21(18,19)14-8-10(15)3-6-13(14)20-2/h3-8,17H,16H2,1-2H3.